The van der Waals surface area contributed by atoms with Crippen molar-refractivity contribution in [3.63, 3.8) is 0 Å². The maximum Gasteiger partial charge on any atom is 0.233 e. The molecule has 0 aromatic carbocycles. The molecule has 1 heterocycles. The van der Waals surface area contributed by atoms with E-state index in [0.29, 0.717) is 19.0 Å². The minimum Gasteiger partial charge on any atom is -0.355 e. The largest absolute Gasteiger partial charge is 0.355 e. The highest BCUT2D eigenvalue weighted by atomic mass is 16.1. The molecule has 0 unspecified atom stereocenters. The molecule has 0 fully saturated rings. The Hall–Kier alpha value is -1.43. The monoisotopic (exact) mass is 225 g/mol. The molecule has 0 spiro atoms. The summed E-state index contributed by atoms with van der Waals surface area (Å²) in [5.41, 5.74) is 0. The van der Waals surface area contributed by atoms with Crippen LogP contribution in [0.1, 0.15) is 13.8 Å². The van der Waals surface area contributed by atoms with E-state index in [4.69, 9.17) is 0 Å². The predicted octanol–water partition coefficient (Wildman–Crippen LogP) is -0.360. The van der Waals surface area contributed by atoms with Crippen LogP contribution in [0.4, 0.5) is 0 Å². The van der Waals surface area contributed by atoms with Crippen molar-refractivity contribution in [1.29, 1.82) is 0 Å². The van der Waals surface area contributed by atoms with Crippen LogP contribution in [-0.2, 0) is 11.3 Å². The average Bonchev–Trinajstić information content (AvgIpc) is 2.74. The molecule has 1 aromatic heterocycles. The van der Waals surface area contributed by atoms with Crippen LogP contribution in [-0.4, -0.2) is 40.5 Å². The van der Waals surface area contributed by atoms with Gasteiger partial charge in [-0.3, -0.25) is 9.48 Å². The molecule has 0 aliphatic heterocycles. The molecular weight excluding hydrogens is 206 g/mol. The Morgan fingerprint density at radius 2 is 2.31 bits per heavy atom. The van der Waals surface area contributed by atoms with E-state index in [1.54, 1.807) is 17.1 Å². The highest BCUT2D eigenvalue weighted by Crippen LogP contribution is 1.86. The lowest BCUT2D eigenvalue weighted by molar-refractivity contribution is -0.120. The van der Waals surface area contributed by atoms with Gasteiger partial charge in [-0.25, -0.2) is 0 Å². The Kier molecular flexibility index (Phi) is 5.49. The van der Waals surface area contributed by atoms with Crippen molar-refractivity contribution < 1.29 is 4.79 Å². The van der Waals surface area contributed by atoms with Gasteiger partial charge in [-0.1, -0.05) is 19.1 Å². The molecule has 0 aliphatic rings. The van der Waals surface area contributed by atoms with E-state index in [0.717, 1.165) is 13.1 Å². The molecule has 2 N–H and O–H groups in total. The third kappa shape index (κ3) is 5.45. The first kappa shape index (κ1) is 12.6. The summed E-state index contributed by atoms with van der Waals surface area (Å²) in [4.78, 5) is 11.3. The van der Waals surface area contributed by atoms with Crippen molar-refractivity contribution in [1.82, 2.24) is 25.6 Å². The summed E-state index contributed by atoms with van der Waals surface area (Å²) in [6.45, 7) is 6.64. The predicted molar refractivity (Wildman–Crippen MR) is 60.7 cm³/mol. The number of carbonyl (C=O) groups excluding carboxylic acids is 1. The Balaban J connectivity index is 2.00. The Morgan fingerprint density at radius 3 is 2.94 bits per heavy atom. The average molecular weight is 225 g/mol. The molecule has 6 nitrogen and oxygen atoms in total. The van der Waals surface area contributed by atoms with Crippen LogP contribution in [0.15, 0.2) is 12.4 Å². The number of amides is 1. The highest BCUT2D eigenvalue weighted by Gasteiger charge is 2.01. The fourth-order valence-corrected chi connectivity index (χ4v) is 1.13. The zero-order valence-corrected chi connectivity index (χ0v) is 9.81. The Bertz CT molecular complexity index is 296. The molecule has 16 heavy (non-hydrogen) atoms. The number of nitrogens with zero attached hydrogens (tertiary/aromatic N) is 3. The minimum absolute atomic E-state index is 0.0345. The van der Waals surface area contributed by atoms with E-state index in [1.807, 2.05) is 0 Å². The second kappa shape index (κ2) is 6.95. The third-order valence-corrected chi connectivity index (χ3v) is 1.98. The van der Waals surface area contributed by atoms with Gasteiger partial charge in [-0.15, -0.1) is 5.10 Å². The summed E-state index contributed by atoms with van der Waals surface area (Å²) in [7, 11) is 0. The molecule has 0 bridgehead atoms. The minimum atomic E-state index is 0.0345. The Labute approximate surface area is 95.4 Å². The molecule has 1 amide bonds. The zero-order valence-electron chi connectivity index (χ0n) is 9.81. The van der Waals surface area contributed by atoms with E-state index in [2.05, 4.69) is 34.8 Å². The Morgan fingerprint density at radius 1 is 1.50 bits per heavy atom. The zero-order chi connectivity index (χ0) is 11.8. The van der Waals surface area contributed by atoms with Gasteiger partial charge in [0.1, 0.15) is 0 Å². The maximum absolute atomic E-state index is 11.3. The molecule has 1 rings (SSSR count). The summed E-state index contributed by atoms with van der Waals surface area (Å²) >= 11 is 0. The van der Waals surface area contributed by atoms with E-state index in [9.17, 15) is 4.79 Å². The van der Waals surface area contributed by atoms with E-state index < -0.39 is 0 Å². The van der Waals surface area contributed by atoms with Crippen LogP contribution < -0.4 is 10.6 Å². The first-order valence-corrected chi connectivity index (χ1v) is 5.50. The lowest BCUT2D eigenvalue weighted by atomic mass is 10.2. The quantitative estimate of drug-likeness (QED) is 0.622. The summed E-state index contributed by atoms with van der Waals surface area (Å²) < 4.78 is 1.72. The van der Waals surface area contributed by atoms with Crippen LogP contribution in [0.5, 0.6) is 0 Å². The van der Waals surface area contributed by atoms with Gasteiger partial charge in [0.25, 0.3) is 0 Å². The summed E-state index contributed by atoms with van der Waals surface area (Å²) in [5, 5.41) is 13.4. The second-order valence-electron chi connectivity index (χ2n) is 4.04. The summed E-state index contributed by atoms with van der Waals surface area (Å²) in [5.74, 6) is 0.520. The van der Waals surface area contributed by atoms with Gasteiger partial charge in [0.2, 0.25) is 5.91 Å². The van der Waals surface area contributed by atoms with Gasteiger partial charge in [-0.05, 0) is 5.92 Å². The smallest absolute Gasteiger partial charge is 0.233 e. The van der Waals surface area contributed by atoms with Crippen molar-refractivity contribution in [2.24, 2.45) is 5.92 Å². The molecule has 0 aliphatic carbocycles. The molecule has 1 aromatic rings. The van der Waals surface area contributed by atoms with Crippen LogP contribution >= 0.6 is 0 Å². The molecule has 0 saturated heterocycles. The SMILES string of the molecule is CC(C)CNC(=O)CNCCn1ccnn1. The van der Waals surface area contributed by atoms with Crippen molar-refractivity contribution >= 4 is 5.91 Å². The van der Waals surface area contributed by atoms with Crippen LogP contribution in [0.2, 0.25) is 0 Å². The highest BCUT2D eigenvalue weighted by molar-refractivity contribution is 5.77. The summed E-state index contributed by atoms with van der Waals surface area (Å²) in [6, 6.07) is 0. The van der Waals surface area contributed by atoms with Crippen LogP contribution in [0.3, 0.4) is 0 Å². The fourth-order valence-electron chi connectivity index (χ4n) is 1.13. The van der Waals surface area contributed by atoms with Crippen molar-refractivity contribution in [3.8, 4) is 0 Å². The molecular formula is C10H19N5O. The second-order valence-corrected chi connectivity index (χ2v) is 4.04. The molecule has 0 radical (unpaired) electrons. The van der Waals surface area contributed by atoms with Gasteiger partial charge in [0.05, 0.1) is 19.3 Å². The number of nitrogens with one attached hydrogen (secondary N) is 2. The third-order valence-electron chi connectivity index (χ3n) is 1.98. The number of hydrogen-bond donors (Lipinski definition) is 2. The fraction of sp³-hybridized carbons (Fsp3) is 0.700. The lowest BCUT2D eigenvalue weighted by Gasteiger charge is -2.08. The van der Waals surface area contributed by atoms with Crippen LogP contribution in [0.25, 0.3) is 0 Å². The van der Waals surface area contributed by atoms with Crippen molar-refractivity contribution in [2.45, 2.75) is 20.4 Å². The van der Waals surface area contributed by atoms with Crippen molar-refractivity contribution in [2.75, 3.05) is 19.6 Å². The van der Waals surface area contributed by atoms with Crippen LogP contribution in [0, 0.1) is 5.92 Å². The number of carbonyl (C=O) groups is 1. The molecule has 90 valence electrons. The molecule has 6 heteroatoms. The first-order valence-electron chi connectivity index (χ1n) is 5.50. The maximum atomic E-state index is 11.3. The first-order chi connectivity index (χ1) is 7.68. The van der Waals surface area contributed by atoms with Crippen molar-refractivity contribution in [3.05, 3.63) is 12.4 Å². The lowest BCUT2D eigenvalue weighted by Crippen LogP contribution is -2.36. The van der Waals surface area contributed by atoms with Gasteiger partial charge in [0.15, 0.2) is 0 Å². The van der Waals surface area contributed by atoms with Gasteiger partial charge in [-0.2, -0.15) is 0 Å². The van der Waals surface area contributed by atoms with Gasteiger partial charge >= 0.3 is 0 Å². The van der Waals surface area contributed by atoms with E-state index in [1.165, 1.54) is 0 Å². The topological polar surface area (TPSA) is 71.8 Å². The summed E-state index contributed by atoms with van der Waals surface area (Å²) in [6.07, 6.45) is 3.43. The molecule has 0 atom stereocenters. The normalized spacial score (nSPS) is 10.7. The standard InChI is InChI=1S/C10H19N5O/c1-9(2)7-12-10(16)8-11-3-5-15-6-4-13-14-15/h4,6,9,11H,3,5,7-8H2,1-2H3,(H,12,16). The van der Waals surface area contributed by atoms with Gasteiger partial charge in [0, 0.05) is 19.3 Å². The number of aromatic nitrogens is 3. The number of hydrogen-bond acceptors (Lipinski definition) is 4. The van der Waals surface area contributed by atoms with Gasteiger partial charge < -0.3 is 10.6 Å². The van der Waals surface area contributed by atoms with E-state index >= 15 is 0 Å². The molecule has 0 saturated carbocycles. The van der Waals surface area contributed by atoms with E-state index in [-0.39, 0.29) is 5.91 Å². The number of rotatable bonds is 7.